The lowest BCUT2D eigenvalue weighted by Gasteiger charge is -2.21. The minimum atomic E-state index is -0.698. The van der Waals surface area contributed by atoms with E-state index in [2.05, 4.69) is 28.2 Å². The van der Waals surface area contributed by atoms with Crippen LogP contribution in [0.3, 0.4) is 0 Å². The number of nitrogen functional groups attached to an aromatic ring is 1. The van der Waals surface area contributed by atoms with Crippen molar-refractivity contribution in [1.82, 2.24) is 24.6 Å². The van der Waals surface area contributed by atoms with E-state index < -0.39 is 11.6 Å². The number of nitrogens with zero attached hydrogens (tertiary/aromatic N) is 5. The van der Waals surface area contributed by atoms with Crippen molar-refractivity contribution in [2.75, 3.05) is 12.3 Å². The molecule has 35 heavy (non-hydrogen) atoms. The lowest BCUT2D eigenvalue weighted by atomic mass is 10.0. The van der Waals surface area contributed by atoms with E-state index in [0.29, 0.717) is 41.9 Å². The number of nitrogens with two attached hydrogens (primary N) is 1. The summed E-state index contributed by atoms with van der Waals surface area (Å²) in [6.07, 6.45) is 3.65. The summed E-state index contributed by atoms with van der Waals surface area (Å²) in [6.45, 7) is 8.02. The van der Waals surface area contributed by atoms with Crippen LogP contribution in [0.15, 0.2) is 80.2 Å². The molecule has 4 rings (SSSR count). The van der Waals surface area contributed by atoms with Crippen LogP contribution in [0.5, 0.6) is 0 Å². The fraction of sp³-hybridized carbons (Fsp3) is 0.115. The normalized spacial score (nSPS) is 10.8. The first-order valence-electron chi connectivity index (χ1n) is 10.8. The number of hydrogen-bond donors (Lipinski definition) is 1. The molecule has 2 aromatic heterocycles. The van der Waals surface area contributed by atoms with Gasteiger partial charge in [0.15, 0.2) is 11.4 Å². The fourth-order valence-corrected chi connectivity index (χ4v) is 3.78. The Kier molecular flexibility index (Phi) is 6.77. The smallest absolute Gasteiger partial charge is 0.246 e. The molecule has 2 heterocycles. The van der Waals surface area contributed by atoms with E-state index >= 15 is 0 Å². The van der Waals surface area contributed by atoms with E-state index in [4.69, 9.17) is 5.73 Å². The van der Waals surface area contributed by atoms with Gasteiger partial charge in [-0.1, -0.05) is 49.6 Å². The number of amides is 1. The standard InChI is InChI=1S/C26H23FN6O2/c1-3-21(34)19-11-10-18(14-20(19)27)24-23-25(28)29-16-30-26(23)33(31-24)13-12-32(22(35)4-2)15-17-8-6-5-7-9-17/h3-11,14,16H,1-2,12-13,15H2,(H2,28,29,30). The molecule has 0 atom stereocenters. The third-order valence-electron chi connectivity index (χ3n) is 5.54. The molecule has 0 bridgehead atoms. The summed E-state index contributed by atoms with van der Waals surface area (Å²) >= 11 is 0. The van der Waals surface area contributed by atoms with Crippen LogP contribution < -0.4 is 5.73 Å². The molecule has 0 aliphatic rings. The molecule has 0 aliphatic carbocycles. The molecule has 0 saturated carbocycles. The highest BCUT2D eigenvalue weighted by molar-refractivity contribution is 6.05. The van der Waals surface area contributed by atoms with Gasteiger partial charge >= 0.3 is 0 Å². The van der Waals surface area contributed by atoms with Crippen molar-refractivity contribution in [3.63, 3.8) is 0 Å². The van der Waals surface area contributed by atoms with E-state index in [1.807, 2.05) is 30.3 Å². The number of allylic oxidation sites excluding steroid dienone is 1. The summed E-state index contributed by atoms with van der Waals surface area (Å²) in [7, 11) is 0. The van der Waals surface area contributed by atoms with Crippen LogP contribution in [0.1, 0.15) is 15.9 Å². The summed E-state index contributed by atoms with van der Waals surface area (Å²) in [6, 6.07) is 13.8. The van der Waals surface area contributed by atoms with Gasteiger partial charge in [-0.2, -0.15) is 5.10 Å². The first-order valence-corrected chi connectivity index (χ1v) is 10.8. The van der Waals surface area contributed by atoms with Crippen molar-refractivity contribution < 1.29 is 14.0 Å². The van der Waals surface area contributed by atoms with Gasteiger partial charge in [-0.25, -0.2) is 19.0 Å². The summed E-state index contributed by atoms with van der Waals surface area (Å²) in [4.78, 5) is 34.4. The van der Waals surface area contributed by atoms with Crippen molar-refractivity contribution in [3.05, 3.63) is 97.1 Å². The zero-order chi connectivity index (χ0) is 24.9. The highest BCUT2D eigenvalue weighted by Gasteiger charge is 2.20. The molecule has 2 aromatic carbocycles. The second kappa shape index (κ2) is 10.1. The zero-order valence-electron chi connectivity index (χ0n) is 18.9. The summed E-state index contributed by atoms with van der Waals surface area (Å²) < 4.78 is 16.3. The second-order valence-corrected chi connectivity index (χ2v) is 7.74. The Labute approximate surface area is 201 Å². The van der Waals surface area contributed by atoms with Crippen molar-refractivity contribution in [2.45, 2.75) is 13.1 Å². The second-order valence-electron chi connectivity index (χ2n) is 7.74. The predicted molar refractivity (Wildman–Crippen MR) is 132 cm³/mol. The number of carbonyl (C=O) groups is 2. The van der Waals surface area contributed by atoms with Crippen LogP contribution in [-0.4, -0.2) is 42.9 Å². The van der Waals surface area contributed by atoms with Crippen molar-refractivity contribution in [1.29, 1.82) is 0 Å². The van der Waals surface area contributed by atoms with Gasteiger partial charge in [0.2, 0.25) is 5.91 Å². The third-order valence-corrected chi connectivity index (χ3v) is 5.54. The maximum Gasteiger partial charge on any atom is 0.246 e. The Morgan fingerprint density at radius 3 is 2.54 bits per heavy atom. The Balaban J connectivity index is 1.69. The van der Waals surface area contributed by atoms with Gasteiger partial charge in [0.05, 0.1) is 17.5 Å². The van der Waals surface area contributed by atoms with E-state index in [1.54, 1.807) is 15.6 Å². The number of ketones is 1. The van der Waals surface area contributed by atoms with Crippen LogP contribution in [-0.2, 0) is 17.9 Å². The lowest BCUT2D eigenvalue weighted by Crippen LogP contribution is -2.32. The number of benzene rings is 2. The van der Waals surface area contributed by atoms with Crippen LogP contribution >= 0.6 is 0 Å². The Morgan fingerprint density at radius 2 is 1.86 bits per heavy atom. The molecule has 0 fully saturated rings. The van der Waals surface area contributed by atoms with Gasteiger partial charge in [-0.05, 0) is 29.8 Å². The largest absolute Gasteiger partial charge is 0.383 e. The minimum absolute atomic E-state index is 0.0869. The molecule has 0 radical (unpaired) electrons. The number of rotatable bonds is 9. The first kappa shape index (κ1) is 23.5. The topological polar surface area (TPSA) is 107 Å². The average Bonchev–Trinajstić information content (AvgIpc) is 3.26. The number of carbonyl (C=O) groups excluding carboxylic acids is 2. The lowest BCUT2D eigenvalue weighted by molar-refractivity contribution is -0.126. The van der Waals surface area contributed by atoms with Gasteiger partial charge < -0.3 is 10.6 Å². The van der Waals surface area contributed by atoms with Crippen molar-refractivity contribution in [3.8, 4) is 11.3 Å². The number of halogens is 1. The van der Waals surface area contributed by atoms with E-state index in [1.165, 1.54) is 24.5 Å². The van der Waals surface area contributed by atoms with Crippen LogP contribution in [0.25, 0.3) is 22.3 Å². The number of anilines is 1. The van der Waals surface area contributed by atoms with E-state index in [-0.39, 0.29) is 17.3 Å². The molecule has 176 valence electrons. The van der Waals surface area contributed by atoms with Gasteiger partial charge in [-0.15, -0.1) is 0 Å². The fourth-order valence-electron chi connectivity index (χ4n) is 3.78. The van der Waals surface area contributed by atoms with Gasteiger partial charge in [0, 0.05) is 18.7 Å². The van der Waals surface area contributed by atoms with Crippen LogP contribution in [0.4, 0.5) is 10.2 Å². The average molecular weight is 471 g/mol. The Hall–Kier alpha value is -4.66. The van der Waals surface area contributed by atoms with Gasteiger partial charge in [-0.3, -0.25) is 9.59 Å². The molecule has 1 amide bonds. The molecule has 0 saturated heterocycles. The molecular formula is C26H23FN6O2. The molecular weight excluding hydrogens is 447 g/mol. The SMILES string of the molecule is C=CC(=O)c1ccc(-c2nn(CCN(Cc3ccccc3)C(=O)C=C)c3ncnc(N)c23)cc1F. The highest BCUT2D eigenvalue weighted by Crippen LogP contribution is 2.31. The van der Waals surface area contributed by atoms with E-state index in [0.717, 1.165) is 11.6 Å². The van der Waals surface area contributed by atoms with Crippen molar-refractivity contribution >= 4 is 28.5 Å². The Morgan fingerprint density at radius 1 is 1.09 bits per heavy atom. The van der Waals surface area contributed by atoms with E-state index in [9.17, 15) is 14.0 Å². The minimum Gasteiger partial charge on any atom is -0.383 e. The quantitative estimate of drug-likeness (QED) is 0.295. The highest BCUT2D eigenvalue weighted by atomic mass is 19.1. The van der Waals surface area contributed by atoms with Crippen LogP contribution in [0, 0.1) is 5.82 Å². The molecule has 0 unspecified atom stereocenters. The third kappa shape index (κ3) is 4.84. The molecule has 8 nitrogen and oxygen atoms in total. The van der Waals surface area contributed by atoms with Gasteiger partial charge in [0.25, 0.3) is 0 Å². The maximum absolute atomic E-state index is 14.7. The van der Waals surface area contributed by atoms with Gasteiger partial charge in [0.1, 0.15) is 23.7 Å². The number of fused-ring (bicyclic) bond motifs is 1. The summed E-state index contributed by atoms with van der Waals surface area (Å²) in [5.41, 5.74) is 8.26. The first-order chi connectivity index (χ1) is 16.9. The molecule has 0 aliphatic heterocycles. The maximum atomic E-state index is 14.7. The molecule has 0 spiro atoms. The zero-order valence-corrected chi connectivity index (χ0v) is 18.9. The molecule has 9 heteroatoms. The Bertz CT molecular complexity index is 1430. The molecule has 4 aromatic rings. The number of aromatic nitrogens is 4. The van der Waals surface area contributed by atoms with Crippen LogP contribution in [0.2, 0.25) is 0 Å². The predicted octanol–water partition coefficient (Wildman–Crippen LogP) is 3.80. The monoisotopic (exact) mass is 470 g/mol. The number of hydrogen-bond acceptors (Lipinski definition) is 6. The summed E-state index contributed by atoms with van der Waals surface area (Å²) in [5, 5.41) is 5.08. The van der Waals surface area contributed by atoms with Crippen molar-refractivity contribution in [2.24, 2.45) is 0 Å². The summed E-state index contributed by atoms with van der Waals surface area (Å²) in [5.74, 6) is -1.25. The molecule has 2 N–H and O–H groups in total.